The molecule has 1 aromatic heterocycles. The molecule has 0 aliphatic heterocycles. The summed E-state index contributed by atoms with van der Waals surface area (Å²) in [6.07, 6.45) is 0.816. The van der Waals surface area contributed by atoms with Gasteiger partial charge in [0.1, 0.15) is 5.52 Å². The Morgan fingerprint density at radius 2 is 2.00 bits per heavy atom. The van der Waals surface area contributed by atoms with Gasteiger partial charge in [0.25, 0.3) is 0 Å². The summed E-state index contributed by atoms with van der Waals surface area (Å²) < 4.78 is 29.3. The van der Waals surface area contributed by atoms with E-state index in [4.69, 9.17) is 37.8 Å². The molecule has 0 saturated heterocycles. The van der Waals surface area contributed by atoms with Crippen LogP contribution in [-0.4, -0.2) is 35.9 Å². The normalized spacial score (nSPS) is 14.5. The summed E-state index contributed by atoms with van der Waals surface area (Å²) in [5, 5.41) is 6.78. The number of aromatic nitrogens is 1. The fourth-order valence-electron chi connectivity index (χ4n) is 2.85. The zero-order valence-corrected chi connectivity index (χ0v) is 17.8. The minimum absolute atomic E-state index is 0. The first-order chi connectivity index (χ1) is 12.9. The first-order valence-electron chi connectivity index (χ1n) is 8.53. The number of carbonyl (C=O) groups is 1. The van der Waals surface area contributed by atoms with Crippen molar-refractivity contribution < 1.29 is 23.1 Å². The molecule has 1 aliphatic carbocycles. The van der Waals surface area contributed by atoms with Crippen molar-refractivity contribution in [1.82, 2.24) is 4.98 Å². The van der Waals surface area contributed by atoms with Gasteiger partial charge in [0, 0.05) is 0 Å². The topological polar surface area (TPSA) is 85.4 Å². The van der Waals surface area contributed by atoms with E-state index in [1.807, 2.05) is 6.92 Å². The van der Waals surface area contributed by atoms with Gasteiger partial charge in [-0.1, -0.05) is 0 Å². The van der Waals surface area contributed by atoms with E-state index in [9.17, 15) is 9.18 Å². The molecule has 0 saturated carbocycles. The molecule has 10 heteroatoms. The van der Waals surface area contributed by atoms with E-state index >= 15 is 0 Å². The van der Waals surface area contributed by atoms with Gasteiger partial charge < -0.3 is 13.9 Å². The van der Waals surface area contributed by atoms with Crippen molar-refractivity contribution in [1.29, 1.82) is 5.41 Å². The van der Waals surface area contributed by atoms with Crippen molar-refractivity contribution in [3.05, 3.63) is 28.9 Å². The quantitative estimate of drug-likeness (QED) is 0.307. The predicted molar refractivity (Wildman–Crippen MR) is 108 cm³/mol. The number of fused-ring (bicyclic) bond motifs is 2. The first-order valence-corrected chi connectivity index (χ1v) is 9.60. The van der Waals surface area contributed by atoms with Crippen molar-refractivity contribution in [2.45, 2.75) is 32.6 Å². The maximum Gasteiger partial charge on any atom is 0.309 e. The molecule has 0 bridgehead atoms. The van der Waals surface area contributed by atoms with Crippen molar-refractivity contribution >= 4 is 58.6 Å². The Kier molecular flexibility index (Phi) is 9.99. The van der Waals surface area contributed by atoms with E-state index in [1.165, 1.54) is 0 Å². The van der Waals surface area contributed by atoms with Crippen molar-refractivity contribution in [3.63, 3.8) is 0 Å². The lowest BCUT2D eigenvalue weighted by Gasteiger charge is -2.06. The molecule has 2 aromatic rings. The van der Waals surface area contributed by atoms with Crippen LogP contribution in [0, 0.1) is 17.1 Å². The van der Waals surface area contributed by atoms with E-state index in [1.54, 1.807) is 13.0 Å². The molecule has 1 N–H and O–H groups in total. The number of benzene rings is 1. The largest absolute Gasteiger partial charge is 0.481 e. The third-order valence-electron chi connectivity index (χ3n) is 3.95. The maximum atomic E-state index is 14.4. The highest BCUT2D eigenvalue weighted by atomic mass is 35.5. The number of alkyl halides is 2. The standard InChI is InChI=1S/C14H13ClFNO3.C4H8ClNO.ClH/c1-2-19-14(18)8-3-7-5-10-13(12(16)9(7)4-8)20-11(6-15)17-10;1-2-7-4(6)3-5;/h5,8H,2-4,6H2,1H3;6H,2-3H2,1H3;1H. The van der Waals surface area contributed by atoms with Crippen LogP contribution in [0.1, 0.15) is 30.9 Å². The molecule has 0 fully saturated rings. The SMILES string of the molecule is CCOC(=N)CCl.CCOC(=O)C1Cc2cc3nc(CCl)oc3c(F)c2C1.Cl. The molecule has 1 aromatic carbocycles. The molecule has 1 atom stereocenters. The Morgan fingerprint density at radius 3 is 2.54 bits per heavy atom. The summed E-state index contributed by atoms with van der Waals surface area (Å²) >= 11 is 10.8. The Morgan fingerprint density at radius 1 is 1.32 bits per heavy atom. The van der Waals surface area contributed by atoms with Crippen LogP contribution in [0.5, 0.6) is 0 Å². The predicted octanol–water partition coefficient (Wildman–Crippen LogP) is 4.64. The van der Waals surface area contributed by atoms with E-state index < -0.39 is 5.82 Å². The number of hydrogen-bond donors (Lipinski definition) is 1. The van der Waals surface area contributed by atoms with E-state index in [2.05, 4.69) is 9.72 Å². The number of oxazole rings is 1. The van der Waals surface area contributed by atoms with E-state index in [-0.39, 0.29) is 47.5 Å². The molecule has 28 heavy (non-hydrogen) atoms. The molecular weight excluding hydrogens is 434 g/mol. The van der Waals surface area contributed by atoms with Gasteiger partial charge in [-0.25, -0.2) is 9.37 Å². The summed E-state index contributed by atoms with van der Waals surface area (Å²) in [4.78, 5) is 15.9. The van der Waals surface area contributed by atoms with Gasteiger partial charge >= 0.3 is 5.97 Å². The zero-order chi connectivity index (χ0) is 20.0. The fraction of sp³-hybridized carbons (Fsp3) is 0.500. The number of halogens is 4. The number of hydrogen-bond acceptors (Lipinski definition) is 6. The van der Waals surface area contributed by atoms with Crippen LogP contribution in [0.25, 0.3) is 11.1 Å². The van der Waals surface area contributed by atoms with Crippen molar-refractivity contribution in [3.8, 4) is 0 Å². The minimum Gasteiger partial charge on any atom is -0.481 e. The molecule has 3 rings (SSSR count). The molecule has 1 aliphatic rings. The third kappa shape index (κ3) is 5.72. The second-order valence-electron chi connectivity index (χ2n) is 5.76. The second kappa shape index (κ2) is 11.4. The van der Waals surface area contributed by atoms with Crippen LogP contribution in [0.4, 0.5) is 4.39 Å². The van der Waals surface area contributed by atoms with Gasteiger partial charge in [-0.15, -0.1) is 35.6 Å². The van der Waals surface area contributed by atoms with Crippen LogP contribution in [0.3, 0.4) is 0 Å². The zero-order valence-electron chi connectivity index (χ0n) is 15.5. The molecular formula is C18H22Cl3FN2O4. The number of rotatable bonds is 5. The van der Waals surface area contributed by atoms with Gasteiger partial charge in [-0.05, 0) is 43.9 Å². The monoisotopic (exact) mass is 454 g/mol. The van der Waals surface area contributed by atoms with Gasteiger partial charge in [0.05, 0.1) is 30.9 Å². The number of esters is 1. The molecule has 1 heterocycles. The van der Waals surface area contributed by atoms with Crippen LogP contribution >= 0.6 is 35.6 Å². The molecule has 0 amide bonds. The lowest BCUT2D eigenvalue weighted by molar-refractivity contribution is -0.147. The van der Waals surface area contributed by atoms with E-state index in [0.717, 1.165) is 5.56 Å². The highest BCUT2D eigenvalue weighted by Crippen LogP contribution is 2.34. The van der Waals surface area contributed by atoms with Crippen LogP contribution in [0.15, 0.2) is 10.5 Å². The average Bonchev–Trinajstić information content (AvgIpc) is 3.27. The Bertz CT molecular complexity index is 829. The van der Waals surface area contributed by atoms with Gasteiger partial charge in [-0.3, -0.25) is 10.2 Å². The summed E-state index contributed by atoms with van der Waals surface area (Å²) in [6, 6.07) is 1.77. The van der Waals surface area contributed by atoms with Crippen LogP contribution < -0.4 is 0 Å². The van der Waals surface area contributed by atoms with Crippen LogP contribution in [-0.2, 0) is 33.0 Å². The van der Waals surface area contributed by atoms with Crippen LogP contribution in [0.2, 0.25) is 0 Å². The summed E-state index contributed by atoms with van der Waals surface area (Å²) in [6.45, 7) is 4.44. The minimum atomic E-state index is -0.437. The van der Waals surface area contributed by atoms with Gasteiger partial charge in [0.2, 0.25) is 5.89 Å². The first kappa shape index (κ1) is 24.5. The smallest absolute Gasteiger partial charge is 0.309 e. The average molecular weight is 456 g/mol. The second-order valence-corrected chi connectivity index (χ2v) is 6.30. The Labute approximate surface area is 178 Å². The summed E-state index contributed by atoms with van der Waals surface area (Å²) in [5.41, 5.74) is 1.88. The van der Waals surface area contributed by atoms with Crippen molar-refractivity contribution in [2.24, 2.45) is 5.92 Å². The number of ether oxygens (including phenoxy) is 2. The number of carbonyl (C=O) groups excluding carboxylic acids is 1. The van der Waals surface area contributed by atoms with Gasteiger partial charge in [-0.2, -0.15) is 0 Å². The van der Waals surface area contributed by atoms with E-state index in [0.29, 0.717) is 43.0 Å². The highest BCUT2D eigenvalue weighted by molar-refractivity contribution is 6.26. The fourth-order valence-corrected chi connectivity index (χ4v) is 3.04. The van der Waals surface area contributed by atoms with Gasteiger partial charge in [0.15, 0.2) is 17.3 Å². The lowest BCUT2D eigenvalue weighted by atomic mass is 10.1. The molecule has 1 unspecified atom stereocenters. The maximum absolute atomic E-state index is 14.4. The Hall–Kier alpha value is -1.57. The third-order valence-corrected chi connectivity index (χ3v) is 4.42. The molecule has 156 valence electrons. The highest BCUT2D eigenvalue weighted by Gasteiger charge is 2.32. The lowest BCUT2D eigenvalue weighted by Crippen LogP contribution is -2.17. The number of nitrogens with one attached hydrogen (secondary N) is 1. The summed E-state index contributed by atoms with van der Waals surface area (Å²) in [7, 11) is 0. The summed E-state index contributed by atoms with van der Waals surface area (Å²) in [5.74, 6) is -0.325. The Balaban J connectivity index is 0.000000425. The molecule has 6 nitrogen and oxygen atoms in total. The molecule has 0 spiro atoms. The van der Waals surface area contributed by atoms with Crippen molar-refractivity contribution in [2.75, 3.05) is 19.1 Å². The molecule has 0 radical (unpaired) electrons. The number of nitrogens with zero attached hydrogens (tertiary/aromatic N) is 1.